The Morgan fingerprint density at radius 1 is 1.20 bits per heavy atom. The number of rotatable bonds is 5. The SMILES string of the molecule is Nc1c(Cl)cc(NC(=O)C(Cc2ccccc2)n2cnnn2)cc1Cl. The van der Waals surface area contributed by atoms with Gasteiger partial charge in [0, 0.05) is 12.1 Å². The first-order chi connectivity index (χ1) is 12.0. The van der Waals surface area contributed by atoms with Gasteiger partial charge in [-0.2, -0.15) is 0 Å². The predicted octanol–water partition coefficient (Wildman–Crippen LogP) is 2.98. The molecular formula is C16H14Cl2N6O. The average Bonchev–Trinajstić information content (AvgIpc) is 3.12. The van der Waals surface area contributed by atoms with Crippen LogP contribution in [0.2, 0.25) is 10.0 Å². The van der Waals surface area contributed by atoms with E-state index < -0.39 is 6.04 Å². The summed E-state index contributed by atoms with van der Waals surface area (Å²) in [7, 11) is 0. The lowest BCUT2D eigenvalue weighted by atomic mass is 10.1. The molecule has 0 radical (unpaired) electrons. The standard InChI is InChI=1S/C16H14Cl2N6O/c17-12-7-11(8-13(18)15(12)19)21-16(25)14(24-9-20-22-23-24)6-10-4-2-1-3-5-10/h1-5,7-9,14H,6,19H2,(H,21,25). The molecule has 0 aliphatic carbocycles. The largest absolute Gasteiger partial charge is 0.396 e. The first-order valence-electron chi connectivity index (χ1n) is 7.36. The predicted molar refractivity (Wildman–Crippen MR) is 96.5 cm³/mol. The molecule has 3 aromatic rings. The van der Waals surface area contributed by atoms with Crippen LogP contribution >= 0.6 is 23.2 Å². The minimum Gasteiger partial charge on any atom is -0.396 e. The molecule has 0 aliphatic rings. The number of anilines is 2. The van der Waals surface area contributed by atoms with Gasteiger partial charge in [-0.3, -0.25) is 4.79 Å². The van der Waals surface area contributed by atoms with E-state index in [2.05, 4.69) is 20.8 Å². The van der Waals surface area contributed by atoms with Crippen molar-refractivity contribution in [1.29, 1.82) is 0 Å². The molecule has 0 spiro atoms. The van der Waals surface area contributed by atoms with Crippen molar-refractivity contribution >= 4 is 40.5 Å². The van der Waals surface area contributed by atoms with Gasteiger partial charge in [0.1, 0.15) is 12.4 Å². The third-order valence-corrected chi connectivity index (χ3v) is 4.23. The second-order valence-electron chi connectivity index (χ2n) is 5.34. The Balaban J connectivity index is 1.85. The molecular weight excluding hydrogens is 363 g/mol. The smallest absolute Gasteiger partial charge is 0.249 e. The van der Waals surface area contributed by atoms with Crippen LogP contribution in [0, 0.1) is 0 Å². The van der Waals surface area contributed by atoms with Crippen LogP contribution in [0.25, 0.3) is 0 Å². The van der Waals surface area contributed by atoms with E-state index in [-0.39, 0.29) is 21.6 Å². The summed E-state index contributed by atoms with van der Waals surface area (Å²) in [6.07, 6.45) is 1.82. The third-order valence-electron chi connectivity index (χ3n) is 3.61. The van der Waals surface area contributed by atoms with Gasteiger partial charge in [-0.15, -0.1) is 5.10 Å². The summed E-state index contributed by atoms with van der Waals surface area (Å²) in [5.41, 5.74) is 7.40. The molecule has 2 aromatic carbocycles. The van der Waals surface area contributed by atoms with E-state index in [1.165, 1.54) is 11.0 Å². The Labute approximate surface area is 153 Å². The number of carbonyl (C=O) groups is 1. The molecule has 1 amide bonds. The fourth-order valence-electron chi connectivity index (χ4n) is 2.34. The lowest BCUT2D eigenvalue weighted by molar-refractivity contribution is -0.119. The Hall–Kier alpha value is -2.64. The minimum absolute atomic E-state index is 0.266. The van der Waals surface area contributed by atoms with Crippen LogP contribution in [0.1, 0.15) is 11.6 Å². The highest BCUT2D eigenvalue weighted by molar-refractivity contribution is 6.39. The zero-order valence-electron chi connectivity index (χ0n) is 12.9. The van der Waals surface area contributed by atoms with Crippen molar-refractivity contribution in [2.45, 2.75) is 12.5 Å². The number of hydrogen-bond acceptors (Lipinski definition) is 5. The number of carbonyl (C=O) groups excluding carboxylic acids is 1. The van der Waals surface area contributed by atoms with Gasteiger partial charge in [0.25, 0.3) is 0 Å². The van der Waals surface area contributed by atoms with E-state index in [0.29, 0.717) is 12.1 Å². The summed E-state index contributed by atoms with van der Waals surface area (Å²) < 4.78 is 1.41. The molecule has 3 rings (SSSR count). The summed E-state index contributed by atoms with van der Waals surface area (Å²) in [6, 6.07) is 12.0. The number of nitrogens with one attached hydrogen (secondary N) is 1. The van der Waals surface area contributed by atoms with E-state index >= 15 is 0 Å². The number of halogens is 2. The quantitative estimate of drug-likeness (QED) is 0.666. The number of hydrogen-bond donors (Lipinski definition) is 2. The molecule has 0 aliphatic heterocycles. The first-order valence-corrected chi connectivity index (χ1v) is 8.12. The van der Waals surface area contributed by atoms with Gasteiger partial charge in [0.2, 0.25) is 5.91 Å². The van der Waals surface area contributed by atoms with Gasteiger partial charge in [0.05, 0.1) is 15.7 Å². The number of amides is 1. The molecule has 1 heterocycles. The third kappa shape index (κ3) is 4.07. The normalized spacial score (nSPS) is 11.9. The zero-order valence-corrected chi connectivity index (χ0v) is 14.4. The van der Waals surface area contributed by atoms with E-state index in [9.17, 15) is 4.79 Å². The minimum atomic E-state index is -0.632. The van der Waals surface area contributed by atoms with Crippen LogP contribution in [0.15, 0.2) is 48.8 Å². The molecule has 1 aromatic heterocycles. The molecule has 0 fully saturated rings. The molecule has 0 bridgehead atoms. The number of nitrogens with two attached hydrogens (primary N) is 1. The fourth-order valence-corrected chi connectivity index (χ4v) is 2.82. The highest BCUT2D eigenvalue weighted by Gasteiger charge is 2.23. The summed E-state index contributed by atoms with van der Waals surface area (Å²) in [5, 5.41) is 14.4. The second-order valence-corrected chi connectivity index (χ2v) is 6.15. The van der Waals surface area contributed by atoms with Crippen molar-refractivity contribution in [3.8, 4) is 0 Å². The first kappa shape index (κ1) is 17.2. The van der Waals surface area contributed by atoms with E-state index in [4.69, 9.17) is 28.9 Å². The molecule has 1 unspecified atom stereocenters. The Morgan fingerprint density at radius 2 is 1.88 bits per heavy atom. The molecule has 9 heteroatoms. The summed E-state index contributed by atoms with van der Waals surface area (Å²) in [6.45, 7) is 0. The van der Waals surface area contributed by atoms with Crippen molar-refractivity contribution in [3.63, 3.8) is 0 Å². The van der Waals surface area contributed by atoms with E-state index in [1.807, 2.05) is 30.3 Å². The van der Waals surface area contributed by atoms with Gasteiger partial charge >= 0.3 is 0 Å². The molecule has 7 nitrogen and oxygen atoms in total. The van der Waals surface area contributed by atoms with Crippen LogP contribution in [0.5, 0.6) is 0 Å². The summed E-state index contributed by atoms with van der Waals surface area (Å²) in [5.74, 6) is -0.298. The van der Waals surface area contributed by atoms with E-state index in [0.717, 1.165) is 5.56 Å². The van der Waals surface area contributed by atoms with Gasteiger partial charge in [-0.05, 0) is 28.1 Å². The number of nitrogen functional groups attached to an aromatic ring is 1. The Bertz CT molecular complexity index is 847. The van der Waals surface area contributed by atoms with Crippen LogP contribution < -0.4 is 11.1 Å². The molecule has 25 heavy (non-hydrogen) atoms. The second kappa shape index (κ2) is 7.50. The maximum Gasteiger partial charge on any atom is 0.249 e. The van der Waals surface area contributed by atoms with Crippen molar-refractivity contribution in [1.82, 2.24) is 20.2 Å². The zero-order chi connectivity index (χ0) is 17.8. The molecule has 1 atom stereocenters. The molecule has 0 saturated heterocycles. The number of nitrogens with zero attached hydrogens (tertiary/aromatic N) is 4. The Kier molecular flexibility index (Phi) is 5.16. The highest BCUT2D eigenvalue weighted by Crippen LogP contribution is 2.31. The Morgan fingerprint density at radius 3 is 2.48 bits per heavy atom. The van der Waals surface area contributed by atoms with E-state index in [1.54, 1.807) is 12.1 Å². The average molecular weight is 377 g/mol. The summed E-state index contributed by atoms with van der Waals surface area (Å²) >= 11 is 12.0. The van der Waals surface area contributed by atoms with Crippen molar-refractivity contribution < 1.29 is 4.79 Å². The molecule has 0 saturated carbocycles. The fraction of sp³-hybridized carbons (Fsp3) is 0.125. The highest BCUT2D eigenvalue weighted by atomic mass is 35.5. The van der Waals surface area contributed by atoms with Gasteiger partial charge in [0.15, 0.2) is 0 Å². The number of aromatic nitrogens is 4. The van der Waals surface area contributed by atoms with Gasteiger partial charge in [-0.1, -0.05) is 53.5 Å². The van der Waals surface area contributed by atoms with Gasteiger partial charge in [-0.25, -0.2) is 4.68 Å². The maximum absolute atomic E-state index is 12.8. The van der Waals surface area contributed by atoms with Crippen molar-refractivity contribution in [3.05, 3.63) is 64.4 Å². The van der Waals surface area contributed by atoms with Crippen molar-refractivity contribution in [2.75, 3.05) is 11.1 Å². The van der Waals surface area contributed by atoms with Crippen LogP contribution in [-0.2, 0) is 11.2 Å². The summed E-state index contributed by atoms with van der Waals surface area (Å²) in [4.78, 5) is 12.8. The maximum atomic E-state index is 12.8. The number of tetrazole rings is 1. The lowest BCUT2D eigenvalue weighted by Crippen LogP contribution is -2.28. The van der Waals surface area contributed by atoms with Crippen LogP contribution in [-0.4, -0.2) is 26.1 Å². The monoisotopic (exact) mass is 376 g/mol. The van der Waals surface area contributed by atoms with Gasteiger partial charge < -0.3 is 11.1 Å². The van der Waals surface area contributed by atoms with Crippen LogP contribution in [0.3, 0.4) is 0 Å². The lowest BCUT2D eigenvalue weighted by Gasteiger charge is -2.17. The molecule has 3 N–H and O–H groups in total. The van der Waals surface area contributed by atoms with Crippen LogP contribution in [0.4, 0.5) is 11.4 Å². The number of benzene rings is 2. The van der Waals surface area contributed by atoms with Crippen molar-refractivity contribution in [2.24, 2.45) is 0 Å². The molecule has 128 valence electrons. The topological polar surface area (TPSA) is 98.7 Å².